The maximum absolute atomic E-state index is 2.47. The van der Waals surface area contributed by atoms with E-state index in [1.807, 2.05) is 0 Å². The van der Waals surface area contributed by atoms with Crippen LogP contribution in [0.5, 0.6) is 0 Å². The van der Waals surface area contributed by atoms with Crippen LogP contribution in [0, 0.1) is 24.7 Å². The van der Waals surface area contributed by atoms with Gasteiger partial charge in [-0.2, -0.15) is 0 Å². The van der Waals surface area contributed by atoms with Gasteiger partial charge in [-0.3, -0.25) is 0 Å². The molecule has 0 aliphatic heterocycles. The van der Waals surface area contributed by atoms with Crippen LogP contribution < -0.4 is 0 Å². The Morgan fingerprint density at radius 2 is 0.971 bits per heavy atom. The van der Waals surface area contributed by atoms with E-state index in [4.69, 9.17) is 0 Å². The lowest BCUT2D eigenvalue weighted by molar-refractivity contribution is -0.00518. The Hall–Kier alpha value is -3.12. The predicted molar refractivity (Wildman–Crippen MR) is 147 cm³/mol. The fourth-order valence-corrected chi connectivity index (χ4v) is 8.11. The number of hydrogen-bond acceptors (Lipinski definition) is 0. The molecule has 0 heterocycles. The van der Waals surface area contributed by atoms with Gasteiger partial charge in [-0.05, 0) is 125 Å². The second kappa shape index (κ2) is 8.23. The highest BCUT2D eigenvalue weighted by Crippen LogP contribution is 2.60. The van der Waals surface area contributed by atoms with Gasteiger partial charge in [0.25, 0.3) is 0 Å². The Bertz CT molecular complexity index is 1320. The van der Waals surface area contributed by atoms with E-state index in [2.05, 4.69) is 104 Å². The topological polar surface area (TPSA) is 0 Å². The van der Waals surface area contributed by atoms with Gasteiger partial charge >= 0.3 is 0 Å². The molecule has 0 unspecified atom stereocenters. The van der Waals surface area contributed by atoms with E-state index in [1.165, 1.54) is 77.5 Å². The van der Waals surface area contributed by atoms with Gasteiger partial charge in [-0.15, -0.1) is 0 Å². The van der Waals surface area contributed by atoms with Crippen LogP contribution >= 0.6 is 0 Å². The Morgan fingerprint density at radius 1 is 0.486 bits per heavy atom. The Morgan fingerprint density at radius 3 is 1.60 bits per heavy atom. The van der Waals surface area contributed by atoms with Crippen molar-refractivity contribution in [3.05, 3.63) is 108 Å². The van der Waals surface area contributed by atoms with Crippen LogP contribution in [0.2, 0.25) is 0 Å². The Kier molecular flexibility index (Phi) is 4.98. The summed E-state index contributed by atoms with van der Waals surface area (Å²) in [6, 6.07) is 36.4. The van der Waals surface area contributed by atoms with E-state index < -0.39 is 0 Å². The van der Waals surface area contributed by atoms with Crippen LogP contribution in [0.15, 0.2) is 97.1 Å². The highest BCUT2D eigenvalue weighted by Gasteiger charge is 2.51. The van der Waals surface area contributed by atoms with Gasteiger partial charge in [-0.1, -0.05) is 84.9 Å². The minimum atomic E-state index is 0.475. The molecule has 4 fully saturated rings. The van der Waals surface area contributed by atoms with Crippen LogP contribution in [0.3, 0.4) is 0 Å². The van der Waals surface area contributed by atoms with Gasteiger partial charge in [-0.25, -0.2) is 0 Å². The monoisotopic (exact) mass is 454 g/mol. The fraction of sp³-hybridized carbons (Fsp3) is 0.314. The van der Waals surface area contributed by atoms with Crippen LogP contribution in [0.4, 0.5) is 0 Å². The SMILES string of the molecule is Cc1cc(-c2ccc(C34CC5CC(CC(C5)C3)C4)cc2)cc(-c2cccc(-c3ccccc3)c2)c1. The van der Waals surface area contributed by atoms with Crippen molar-refractivity contribution in [2.24, 2.45) is 17.8 Å². The number of hydrogen-bond donors (Lipinski definition) is 0. The lowest BCUT2D eigenvalue weighted by Gasteiger charge is -2.57. The standard InChI is InChI=1S/C35H34/c1-24-14-32(20-33(15-24)31-9-5-8-30(19-31)28-6-3-2-4-7-28)29-10-12-34(13-11-29)35-21-25-16-26(22-35)18-27(17-25)23-35/h2-15,19-20,25-27H,16-18,21-23H2,1H3. The molecule has 4 aromatic rings. The Balaban J connectivity index is 1.21. The maximum Gasteiger partial charge on any atom is -0.00391 e. The quantitative estimate of drug-likeness (QED) is 0.288. The third-order valence-electron chi connectivity index (χ3n) is 9.25. The average molecular weight is 455 g/mol. The molecule has 0 amide bonds. The third kappa shape index (κ3) is 3.84. The first kappa shape index (κ1) is 21.2. The lowest BCUT2D eigenvalue weighted by atomic mass is 9.48. The summed E-state index contributed by atoms with van der Waals surface area (Å²) in [6.07, 6.45) is 8.83. The smallest absolute Gasteiger partial charge is 0.00391 e. The van der Waals surface area contributed by atoms with Gasteiger partial charge in [0.05, 0.1) is 0 Å². The highest BCUT2D eigenvalue weighted by molar-refractivity contribution is 5.77. The van der Waals surface area contributed by atoms with E-state index in [0.29, 0.717) is 5.41 Å². The molecule has 0 atom stereocenters. The van der Waals surface area contributed by atoms with Crippen LogP contribution in [-0.2, 0) is 5.41 Å². The Labute approximate surface area is 210 Å². The van der Waals surface area contributed by atoms with Crippen molar-refractivity contribution < 1.29 is 0 Å². The average Bonchev–Trinajstić information content (AvgIpc) is 2.88. The van der Waals surface area contributed by atoms with E-state index in [1.54, 1.807) is 5.56 Å². The molecule has 0 radical (unpaired) electrons. The fourth-order valence-electron chi connectivity index (χ4n) is 8.11. The molecule has 0 saturated heterocycles. The number of benzene rings is 4. The molecule has 4 bridgehead atoms. The summed E-state index contributed by atoms with van der Waals surface area (Å²) in [7, 11) is 0. The summed E-state index contributed by atoms with van der Waals surface area (Å²) in [5, 5.41) is 0. The lowest BCUT2D eigenvalue weighted by Crippen LogP contribution is -2.48. The van der Waals surface area contributed by atoms with Gasteiger partial charge in [0, 0.05) is 0 Å². The summed E-state index contributed by atoms with van der Waals surface area (Å²) in [6.45, 7) is 2.22. The number of aryl methyl sites for hydroxylation is 1. The highest BCUT2D eigenvalue weighted by atomic mass is 14.6. The molecule has 8 rings (SSSR count). The van der Waals surface area contributed by atoms with Gasteiger partial charge in [0.1, 0.15) is 0 Å². The van der Waals surface area contributed by atoms with Gasteiger partial charge in [0.2, 0.25) is 0 Å². The summed E-state index contributed by atoms with van der Waals surface area (Å²) in [5.74, 6) is 2.98. The zero-order chi connectivity index (χ0) is 23.4. The summed E-state index contributed by atoms with van der Waals surface area (Å²) < 4.78 is 0. The first-order chi connectivity index (χ1) is 17.1. The molecule has 0 spiro atoms. The van der Waals surface area contributed by atoms with Crippen molar-refractivity contribution >= 4 is 0 Å². The molecule has 0 N–H and O–H groups in total. The van der Waals surface area contributed by atoms with Crippen molar-refractivity contribution in [2.45, 2.75) is 50.9 Å². The molecule has 0 aromatic heterocycles. The van der Waals surface area contributed by atoms with Crippen molar-refractivity contribution in [3.8, 4) is 33.4 Å². The van der Waals surface area contributed by atoms with Gasteiger partial charge < -0.3 is 0 Å². The predicted octanol–water partition coefficient (Wildman–Crippen LogP) is 9.46. The normalized spacial score (nSPS) is 26.7. The molecule has 35 heavy (non-hydrogen) atoms. The maximum atomic E-state index is 2.47. The molecule has 0 nitrogen and oxygen atoms in total. The second-order valence-electron chi connectivity index (χ2n) is 11.8. The van der Waals surface area contributed by atoms with E-state index in [9.17, 15) is 0 Å². The molecule has 4 aliphatic carbocycles. The van der Waals surface area contributed by atoms with Crippen molar-refractivity contribution in [2.75, 3.05) is 0 Å². The van der Waals surface area contributed by atoms with Crippen molar-refractivity contribution in [1.82, 2.24) is 0 Å². The summed E-state index contributed by atoms with van der Waals surface area (Å²) >= 11 is 0. The minimum absolute atomic E-state index is 0.475. The first-order valence-electron chi connectivity index (χ1n) is 13.5. The zero-order valence-corrected chi connectivity index (χ0v) is 20.7. The summed E-state index contributed by atoms with van der Waals surface area (Å²) in [4.78, 5) is 0. The van der Waals surface area contributed by atoms with Crippen LogP contribution in [-0.4, -0.2) is 0 Å². The molecular weight excluding hydrogens is 420 g/mol. The van der Waals surface area contributed by atoms with Crippen molar-refractivity contribution in [3.63, 3.8) is 0 Å². The summed E-state index contributed by atoms with van der Waals surface area (Å²) in [5.41, 5.74) is 11.2. The zero-order valence-electron chi connectivity index (χ0n) is 20.7. The van der Waals surface area contributed by atoms with E-state index >= 15 is 0 Å². The van der Waals surface area contributed by atoms with Crippen molar-refractivity contribution in [1.29, 1.82) is 0 Å². The minimum Gasteiger partial charge on any atom is -0.0622 e. The van der Waals surface area contributed by atoms with Crippen LogP contribution in [0.25, 0.3) is 33.4 Å². The molecule has 4 aromatic carbocycles. The molecular formula is C35H34. The molecule has 174 valence electrons. The molecule has 0 heteroatoms. The second-order valence-corrected chi connectivity index (χ2v) is 11.8. The molecule has 4 aliphatic rings. The number of rotatable bonds is 4. The largest absolute Gasteiger partial charge is 0.0622 e. The molecule has 4 saturated carbocycles. The van der Waals surface area contributed by atoms with Crippen LogP contribution in [0.1, 0.15) is 49.7 Å². The van der Waals surface area contributed by atoms with E-state index in [0.717, 1.165) is 17.8 Å². The first-order valence-corrected chi connectivity index (χ1v) is 13.5. The third-order valence-corrected chi connectivity index (χ3v) is 9.25. The van der Waals surface area contributed by atoms with Gasteiger partial charge in [0.15, 0.2) is 0 Å². The van der Waals surface area contributed by atoms with E-state index in [-0.39, 0.29) is 0 Å².